The Kier molecular flexibility index (Phi) is 4.60. The van der Waals surface area contributed by atoms with Gasteiger partial charge in [0.2, 0.25) is 0 Å². The van der Waals surface area contributed by atoms with E-state index in [9.17, 15) is 4.39 Å². The number of rotatable bonds is 5. The molecule has 0 spiro atoms. The predicted octanol–water partition coefficient (Wildman–Crippen LogP) is 3.32. The van der Waals surface area contributed by atoms with Crippen LogP contribution >= 0.6 is 0 Å². The summed E-state index contributed by atoms with van der Waals surface area (Å²) in [5.41, 5.74) is 4.29. The quantitative estimate of drug-likeness (QED) is 0.655. The zero-order valence-corrected chi connectivity index (χ0v) is 12.6. The second kappa shape index (κ2) is 6.24. The Morgan fingerprint density at radius 2 is 1.81 bits per heavy atom. The van der Waals surface area contributed by atoms with Crippen molar-refractivity contribution >= 4 is 0 Å². The first-order chi connectivity index (χ1) is 10.0. The largest absolute Gasteiger partial charge is 0.496 e. The van der Waals surface area contributed by atoms with Gasteiger partial charge in [0.15, 0.2) is 0 Å². The molecule has 0 bridgehead atoms. The summed E-state index contributed by atoms with van der Waals surface area (Å²) in [5, 5.41) is 0. The van der Waals surface area contributed by atoms with Crippen molar-refractivity contribution in [3.8, 4) is 5.75 Å². The minimum Gasteiger partial charge on any atom is -0.496 e. The molecular formula is C17H21FN2O. The molecule has 2 aromatic carbocycles. The van der Waals surface area contributed by atoms with E-state index in [4.69, 9.17) is 10.6 Å². The van der Waals surface area contributed by atoms with E-state index in [1.54, 1.807) is 13.2 Å². The monoisotopic (exact) mass is 288 g/mol. The molecule has 0 aliphatic carbocycles. The Hall–Kier alpha value is -1.91. The second-order valence-electron chi connectivity index (χ2n) is 5.57. The summed E-state index contributed by atoms with van der Waals surface area (Å²) in [6, 6.07) is 14.2. The number of nitrogens with two attached hydrogens (primary N) is 1. The summed E-state index contributed by atoms with van der Waals surface area (Å²) in [4.78, 5) is 0. The number of hydrazine groups is 1. The fraction of sp³-hybridized carbons (Fsp3) is 0.294. The fourth-order valence-electron chi connectivity index (χ4n) is 2.65. The molecule has 3 nitrogen and oxygen atoms in total. The van der Waals surface area contributed by atoms with Crippen LogP contribution in [0.5, 0.6) is 5.75 Å². The highest BCUT2D eigenvalue weighted by Crippen LogP contribution is 2.40. The second-order valence-corrected chi connectivity index (χ2v) is 5.57. The SMILES string of the molecule is COc1ccc(F)cc1C(NN)C(C)(C)c1ccccc1. The van der Waals surface area contributed by atoms with Crippen LogP contribution in [-0.4, -0.2) is 7.11 Å². The van der Waals surface area contributed by atoms with E-state index in [0.29, 0.717) is 11.3 Å². The van der Waals surface area contributed by atoms with Crippen LogP contribution in [0.15, 0.2) is 48.5 Å². The van der Waals surface area contributed by atoms with Gasteiger partial charge in [0.1, 0.15) is 11.6 Å². The van der Waals surface area contributed by atoms with E-state index in [-0.39, 0.29) is 17.3 Å². The predicted molar refractivity (Wildman–Crippen MR) is 82.5 cm³/mol. The molecule has 0 radical (unpaired) electrons. The van der Waals surface area contributed by atoms with Gasteiger partial charge in [-0.05, 0) is 23.8 Å². The number of ether oxygens (including phenoxy) is 1. The van der Waals surface area contributed by atoms with Crippen LogP contribution in [0.1, 0.15) is 31.0 Å². The third kappa shape index (κ3) is 3.06. The van der Waals surface area contributed by atoms with E-state index in [1.165, 1.54) is 12.1 Å². The summed E-state index contributed by atoms with van der Waals surface area (Å²) >= 11 is 0. The van der Waals surface area contributed by atoms with Gasteiger partial charge in [0.25, 0.3) is 0 Å². The van der Waals surface area contributed by atoms with Crippen molar-refractivity contribution in [1.82, 2.24) is 5.43 Å². The molecule has 21 heavy (non-hydrogen) atoms. The summed E-state index contributed by atoms with van der Waals surface area (Å²) in [6.07, 6.45) is 0. The number of hydrogen-bond acceptors (Lipinski definition) is 3. The summed E-state index contributed by atoms with van der Waals surface area (Å²) in [6.45, 7) is 4.13. The van der Waals surface area contributed by atoms with Gasteiger partial charge in [0.05, 0.1) is 13.2 Å². The van der Waals surface area contributed by atoms with Crippen LogP contribution in [0.2, 0.25) is 0 Å². The van der Waals surface area contributed by atoms with Crippen molar-refractivity contribution in [3.05, 3.63) is 65.5 Å². The smallest absolute Gasteiger partial charge is 0.123 e. The van der Waals surface area contributed by atoms with Crippen molar-refractivity contribution in [2.45, 2.75) is 25.3 Å². The molecule has 1 unspecified atom stereocenters. The van der Waals surface area contributed by atoms with Gasteiger partial charge >= 0.3 is 0 Å². The van der Waals surface area contributed by atoms with Crippen molar-refractivity contribution in [2.24, 2.45) is 5.84 Å². The molecule has 1 atom stereocenters. The highest BCUT2D eigenvalue weighted by Gasteiger charge is 2.33. The molecule has 0 saturated heterocycles. The molecule has 0 fully saturated rings. The number of halogens is 1. The molecule has 2 aromatic rings. The van der Waals surface area contributed by atoms with E-state index >= 15 is 0 Å². The first kappa shape index (κ1) is 15.5. The summed E-state index contributed by atoms with van der Waals surface area (Å²) < 4.78 is 19.0. The average Bonchev–Trinajstić information content (AvgIpc) is 2.49. The van der Waals surface area contributed by atoms with Gasteiger partial charge in [-0.15, -0.1) is 0 Å². The topological polar surface area (TPSA) is 47.3 Å². The first-order valence-electron chi connectivity index (χ1n) is 6.85. The van der Waals surface area contributed by atoms with Crippen LogP contribution in [-0.2, 0) is 5.41 Å². The summed E-state index contributed by atoms with van der Waals surface area (Å²) in [5.74, 6) is 6.08. The molecule has 0 aliphatic heterocycles. The first-order valence-corrected chi connectivity index (χ1v) is 6.85. The van der Waals surface area contributed by atoms with E-state index in [1.807, 2.05) is 30.3 Å². The maximum Gasteiger partial charge on any atom is 0.123 e. The Morgan fingerprint density at radius 3 is 2.38 bits per heavy atom. The van der Waals surface area contributed by atoms with Gasteiger partial charge in [-0.1, -0.05) is 44.2 Å². The van der Waals surface area contributed by atoms with Crippen LogP contribution in [0.4, 0.5) is 4.39 Å². The maximum absolute atomic E-state index is 13.6. The van der Waals surface area contributed by atoms with Crippen LogP contribution < -0.4 is 16.0 Å². The van der Waals surface area contributed by atoms with E-state index in [2.05, 4.69) is 19.3 Å². The third-order valence-corrected chi connectivity index (χ3v) is 3.91. The minimum absolute atomic E-state index is 0.287. The average molecular weight is 288 g/mol. The lowest BCUT2D eigenvalue weighted by Crippen LogP contribution is -2.41. The van der Waals surface area contributed by atoms with Crippen LogP contribution in [0.3, 0.4) is 0 Å². The molecule has 0 heterocycles. The molecule has 112 valence electrons. The highest BCUT2D eigenvalue weighted by atomic mass is 19.1. The van der Waals surface area contributed by atoms with Crippen molar-refractivity contribution < 1.29 is 9.13 Å². The van der Waals surface area contributed by atoms with Crippen molar-refractivity contribution in [3.63, 3.8) is 0 Å². The Balaban J connectivity index is 2.51. The third-order valence-electron chi connectivity index (χ3n) is 3.91. The van der Waals surface area contributed by atoms with Crippen molar-refractivity contribution in [2.75, 3.05) is 7.11 Å². The lowest BCUT2D eigenvalue weighted by molar-refractivity contribution is 0.332. The Bertz CT molecular complexity index is 599. The van der Waals surface area contributed by atoms with Crippen molar-refractivity contribution in [1.29, 1.82) is 0 Å². The molecule has 0 aliphatic rings. The Morgan fingerprint density at radius 1 is 1.14 bits per heavy atom. The molecule has 0 aromatic heterocycles. The lowest BCUT2D eigenvalue weighted by Gasteiger charge is -2.35. The standard InChI is InChI=1S/C17H21FN2O/c1-17(2,12-7-5-4-6-8-12)16(20-19)14-11-13(18)9-10-15(14)21-3/h4-11,16,20H,19H2,1-3H3. The minimum atomic E-state index is -0.336. The number of hydrogen-bond donors (Lipinski definition) is 2. The van der Waals surface area contributed by atoms with Gasteiger partial charge in [-0.2, -0.15) is 0 Å². The highest BCUT2D eigenvalue weighted by molar-refractivity contribution is 5.40. The number of benzene rings is 2. The Labute approximate surface area is 124 Å². The van der Waals surface area contributed by atoms with E-state index in [0.717, 1.165) is 5.56 Å². The van der Waals surface area contributed by atoms with Gasteiger partial charge in [-0.3, -0.25) is 11.3 Å². The van der Waals surface area contributed by atoms with Gasteiger partial charge in [-0.25, -0.2) is 4.39 Å². The molecule has 3 N–H and O–H groups in total. The molecule has 2 rings (SSSR count). The maximum atomic E-state index is 13.6. The molecule has 4 heteroatoms. The molecule has 0 amide bonds. The number of methoxy groups -OCH3 is 1. The fourth-order valence-corrected chi connectivity index (χ4v) is 2.65. The zero-order valence-electron chi connectivity index (χ0n) is 12.6. The molecular weight excluding hydrogens is 267 g/mol. The molecule has 0 saturated carbocycles. The van der Waals surface area contributed by atoms with Gasteiger partial charge < -0.3 is 4.74 Å². The van der Waals surface area contributed by atoms with Crippen LogP contribution in [0.25, 0.3) is 0 Å². The zero-order chi connectivity index (χ0) is 15.5. The lowest BCUT2D eigenvalue weighted by atomic mass is 9.75. The summed E-state index contributed by atoms with van der Waals surface area (Å²) in [7, 11) is 1.57. The number of nitrogens with one attached hydrogen (secondary N) is 1. The van der Waals surface area contributed by atoms with Gasteiger partial charge in [0, 0.05) is 11.0 Å². The van der Waals surface area contributed by atoms with Crippen LogP contribution in [0, 0.1) is 5.82 Å². The van der Waals surface area contributed by atoms with E-state index < -0.39 is 0 Å². The normalized spacial score (nSPS) is 13.0.